The minimum atomic E-state index is -4.84. The Bertz CT molecular complexity index is 2230. The number of hydrogen-bond donors (Lipinski definition) is 5. The number of alkyl halides is 3. The van der Waals surface area contributed by atoms with Crippen molar-refractivity contribution in [1.29, 1.82) is 5.26 Å². The molecule has 1 atom stereocenters. The zero-order chi connectivity index (χ0) is 43.2. The third kappa shape index (κ3) is 15.1. The number of benzene rings is 3. The third-order valence-electron chi connectivity index (χ3n) is 7.22. The van der Waals surface area contributed by atoms with Gasteiger partial charge in [0, 0.05) is 18.7 Å². The van der Waals surface area contributed by atoms with Gasteiger partial charge in [0.05, 0.1) is 46.2 Å². The van der Waals surface area contributed by atoms with Gasteiger partial charge in [0.2, 0.25) is 0 Å². The van der Waals surface area contributed by atoms with Crippen molar-refractivity contribution in [3.05, 3.63) is 113 Å². The minimum absolute atomic E-state index is 0.0779. The molecule has 0 radical (unpaired) electrons. The van der Waals surface area contributed by atoms with Crippen LogP contribution in [0.1, 0.15) is 36.2 Å². The van der Waals surface area contributed by atoms with Gasteiger partial charge in [-0.25, -0.2) is 14.2 Å². The first-order valence-corrected chi connectivity index (χ1v) is 19.5. The van der Waals surface area contributed by atoms with Crippen LogP contribution in [0.2, 0.25) is 0 Å². The minimum Gasteiger partial charge on any atom is -0.506 e. The zero-order valence-corrected chi connectivity index (χ0v) is 34.5. The normalized spacial score (nSPS) is 11.5. The van der Waals surface area contributed by atoms with Crippen molar-refractivity contribution in [3.8, 4) is 29.0 Å². The molecule has 0 aliphatic carbocycles. The van der Waals surface area contributed by atoms with Crippen LogP contribution in [0.15, 0.2) is 79.2 Å². The summed E-state index contributed by atoms with van der Waals surface area (Å²) < 4.78 is 67.6. The van der Waals surface area contributed by atoms with Crippen molar-refractivity contribution in [3.63, 3.8) is 0 Å². The van der Waals surface area contributed by atoms with E-state index in [9.17, 15) is 42.0 Å². The number of rotatable bonds is 12. The Morgan fingerprint density at radius 2 is 1.63 bits per heavy atom. The quantitative estimate of drug-likeness (QED) is 0.0904. The summed E-state index contributed by atoms with van der Waals surface area (Å²) in [6, 6.07) is 16.7. The zero-order valence-electron chi connectivity index (χ0n) is 30.4. The molecule has 5 N–H and O–H groups in total. The topological polar surface area (TPSA) is 240 Å². The maximum Gasteiger partial charge on any atom is 0.431 e. The lowest BCUT2D eigenvalue weighted by Gasteiger charge is -2.17. The maximum atomic E-state index is 13.1. The Balaban J connectivity index is 0.000000433. The van der Waals surface area contributed by atoms with Crippen LogP contribution >= 0.6 is 39.5 Å². The second-order valence-corrected chi connectivity index (χ2v) is 14.8. The number of carbonyl (C=O) groups is 2. The summed E-state index contributed by atoms with van der Waals surface area (Å²) in [5.74, 6) is -0.716. The molecule has 4 rings (SSSR count). The number of esters is 1. The average molecular weight is 952 g/mol. The number of carboxylic acid groups (broad SMARTS) is 1. The second-order valence-electron chi connectivity index (χ2n) is 11.4. The Labute approximate surface area is 339 Å². The van der Waals surface area contributed by atoms with E-state index in [1.165, 1.54) is 31.4 Å². The van der Waals surface area contributed by atoms with E-state index in [4.69, 9.17) is 34.4 Å². The van der Waals surface area contributed by atoms with Crippen LogP contribution in [0, 0.1) is 11.3 Å². The number of carboxylic acids is 1. The molecule has 57 heavy (non-hydrogen) atoms. The molecule has 308 valence electrons. The second kappa shape index (κ2) is 21.5. The maximum absolute atomic E-state index is 13.1. The fourth-order valence-corrected chi connectivity index (χ4v) is 5.97. The number of carbonyl (C=O) groups excluding carboxylic acids is 1. The predicted molar refractivity (Wildman–Crippen MR) is 205 cm³/mol. The number of hydrogen-bond acceptors (Lipinski definition) is 11. The highest BCUT2D eigenvalue weighted by Gasteiger charge is 2.35. The number of nitrogens with one attached hydrogen (secondary N) is 1. The van der Waals surface area contributed by atoms with Crippen LogP contribution in [0.25, 0.3) is 5.69 Å². The van der Waals surface area contributed by atoms with Crippen LogP contribution in [0.5, 0.6) is 17.2 Å². The largest absolute Gasteiger partial charge is 0.506 e. The fourth-order valence-electron chi connectivity index (χ4n) is 4.38. The molecule has 3 aromatic carbocycles. The number of phenolic OH excluding ortho intramolecular Hbond substituents is 1. The van der Waals surface area contributed by atoms with Gasteiger partial charge in [-0.3, -0.25) is 24.0 Å². The molecular formula is C35H36Br2F3N4O12P. The van der Waals surface area contributed by atoms with Gasteiger partial charge in [0.15, 0.2) is 6.10 Å². The first-order chi connectivity index (χ1) is 26.5. The fraction of sp³-hybridized carbons (Fsp3) is 0.286. The van der Waals surface area contributed by atoms with Gasteiger partial charge in [-0.15, -0.1) is 0 Å². The SMILES string of the molecule is CCc1ccc(COc2ccc(-n3c(=O)cc(C(F)(F)F)n(C)c3=O)cc2)c(OC(C)C(=O)OC)c1.N#Cc1cc(Br)c(O)c(Br)c1.O=C(O)CNCP(=O)(O)O. The monoisotopic (exact) mass is 950 g/mol. The molecule has 0 saturated carbocycles. The van der Waals surface area contributed by atoms with E-state index in [0.29, 0.717) is 46.8 Å². The van der Waals surface area contributed by atoms with Crippen LogP contribution in [0.4, 0.5) is 13.2 Å². The summed E-state index contributed by atoms with van der Waals surface area (Å²) in [6.45, 7) is 3.19. The summed E-state index contributed by atoms with van der Waals surface area (Å²) in [5, 5.41) is 27.8. The predicted octanol–water partition coefficient (Wildman–Crippen LogP) is 5.22. The van der Waals surface area contributed by atoms with Crippen molar-refractivity contribution in [2.75, 3.05) is 19.9 Å². The Morgan fingerprint density at radius 3 is 2.12 bits per heavy atom. The molecule has 0 aliphatic heterocycles. The molecule has 0 fully saturated rings. The third-order valence-corrected chi connectivity index (χ3v) is 9.06. The molecule has 0 amide bonds. The summed E-state index contributed by atoms with van der Waals surface area (Å²) in [6.07, 6.45) is -5.51. The number of nitrogens with zero attached hydrogens (tertiary/aromatic N) is 3. The highest BCUT2D eigenvalue weighted by Crippen LogP contribution is 2.33. The van der Waals surface area contributed by atoms with Gasteiger partial charge < -0.3 is 34.2 Å². The van der Waals surface area contributed by atoms with Gasteiger partial charge in [-0.1, -0.05) is 19.1 Å². The standard InChI is InChI=1S/C25H25F3N2O6.C7H3Br2NO.C3H8NO5P/c1-5-16-6-7-17(20(12-16)36-15(2)23(32)34-4)14-35-19-10-8-18(9-11-19)30-22(31)13-21(25(26,27)28)29(3)24(30)33;8-5-1-4(3-10)2-6(9)7(5)11;5-3(6)1-4-2-10(7,8)9/h6-13,15H,5,14H2,1-4H3;1-2,11H;4H,1-2H2,(H,5,6)(H2,7,8,9). The van der Waals surface area contributed by atoms with E-state index in [0.717, 1.165) is 19.0 Å². The summed E-state index contributed by atoms with van der Waals surface area (Å²) in [4.78, 5) is 62.6. The van der Waals surface area contributed by atoms with Crippen LogP contribution in [-0.4, -0.2) is 67.1 Å². The Kier molecular flexibility index (Phi) is 18.2. The first-order valence-electron chi connectivity index (χ1n) is 16.1. The van der Waals surface area contributed by atoms with Crippen LogP contribution in [0.3, 0.4) is 0 Å². The molecule has 1 unspecified atom stereocenters. The van der Waals surface area contributed by atoms with Crippen molar-refractivity contribution >= 4 is 51.4 Å². The van der Waals surface area contributed by atoms with Crippen molar-refractivity contribution < 1.29 is 61.5 Å². The molecule has 22 heteroatoms. The van der Waals surface area contributed by atoms with Gasteiger partial charge in [-0.05, 0) is 93.2 Å². The number of aliphatic carboxylic acids is 1. The molecule has 16 nitrogen and oxygen atoms in total. The lowest BCUT2D eigenvalue weighted by molar-refractivity contribution is -0.148. The number of aromatic hydroxyl groups is 1. The van der Waals surface area contributed by atoms with Gasteiger partial charge in [-0.2, -0.15) is 18.4 Å². The summed E-state index contributed by atoms with van der Waals surface area (Å²) >= 11 is 6.21. The molecule has 0 bridgehead atoms. The number of phenols is 1. The first kappa shape index (κ1) is 48.2. The molecule has 4 aromatic rings. The van der Waals surface area contributed by atoms with E-state index in [-0.39, 0.29) is 18.0 Å². The number of aryl methyl sites for hydroxylation is 1. The number of ether oxygens (including phenoxy) is 3. The summed E-state index contributed by atoms with van der Waals surface area (Å²) in [7, 11) is -1.88. The van der Waals surface area contributed by atoms with Gasteiger partial charge in [0.1, 0.15) is 29.5 Å². The molecule has 1 aromatic heterocycles. The molecule has 0 spiro atoms. The highest BCUT2D eigenvalue weighted by molar-refractivity contribution is 9.11. The van der Waals surface area contributed by atoms with Crippen molar-refractivity contribution in [2.24, 2.45) is 7.05 Å². The molecule has 0 aliphatic rings. The van der Waals surface area contributed by atoms with Crippen LogP contribution in [-0.2, 0) is 45.1 Å². The molecule has 0 saturated heterocycles. The Hall–Kier alpha value is -4.97. The van der Waals surface area contributed by atoms with Crippen molar-refractivity contribution in [1.82, 2.24) is 14.5 Å². The number of halogens is 5. The van der Waals surface area contributed by atoms with Crippen LogP contribution < -0.4 is 26.0 Å². The highest BCUT2D eigenvalue weighted by atomic mass is 79.9. The van der Waals surface area contributed by atoms with E-state index in [1.54, 1.807) is 19.1 Å². The van der Waals surface area contributed by atoms with E-state index in [2.05, 4.69) is 37.2 Å². The molecule has 1 heterocycles. The number of methoxy groups -OCH3 is 1. The lowest BCUT2D eigenvalue weighted by Crippen LogP contribution is -2.40. The van der Waals surface area contributed by atoms with E-state index < -0.39 is 61.6 Å². The van der Waals surface area contributed by atoms with E-state index in [1.807, 2.05) is 31.2 Å². The van der Waals surface area contributed by atoms with Crippen molar-refractivity contribution in [2.45, 2.75) is 39.2 Å². The van der Waals surface area contributed by atoms with E-state index >= 15 is 0 Å². The molecular weight excluding hydrogens is 916 g/mol. The summed E-state index contributed by atoms with van der Waals surface area (Å²) in [5.41, 5.74) is -1.30. The lowest BCUT2D eigenvalue weighted by atomic mass is 10.1. The number of aromatic nitrogens is 2. The smallest absolute Gasteiger partial charge is 0.431 e. The Morgan fingerprint density at radius 1 is 1.04 bits per heavy atom. The number of nitriles is 1. The van der Waals surface area contributed by atoms with Gasteiger partial charge in [0.25, 0.3) is 5.56 Å². The van der Waals surface area contributed by atoms with Gasteiger partial charge >= 0.3 is 31.4 Å². The average Bonchev–Trinajstić information content (AvgIpc) is 3.14.